The first-order valence-electron chi connectivity index (χ1n) is 15.7. The van der Waals surface area contributed by atoms with Crippen LogP contribution in [-0.4, -0.2) is 71.8 Å². The normalized spacial score (nSPS) is 22.1. The summed E-state index contributed by atoms with van der Waals surface area (Å²) in [6.45, 7) is 15.1. The number of piperazine rings is 1. The van der Waals surface area contributed by atoms with Crippen LogP contribution in [0.1, 0.15) is 63.8 Å². The summed E-state index contributed by atoms with van der Waals surface area (Å²) in [5, 5.41) is 1.21. The van der Waals surface area contributed by atoms with Crippen molar-refractivity contribution in [3.8, 4) is 5.75 Å². The second-order valence-corrected chi connectivity index (χ2v) is 14.2. The Morgan fingerprint density at radius 3 is 1.98 bits per heavy atom. The van der Waals surface area contributed by atoms with Gasteiger partial charge in [0.25, 0.3) is 0 Å². The Balaban J connectivity index is 1.73. The van der Waals surface area contributed by atoms with Crippen molar-refractivity contribution in [1.29, 1.82) is 0 Å². The van der Waals surface area contributed by atoms with Gasteiger partial charge in [0.2, 0.25) is 5.91 Å². The standard InChI is InChI=1S/C36H43Cl2N5O3/c1-7-46-30-22-26(34(2,3)4)12-17-29(30)32-40-35(5,24-8-13-27(37)14-9-24)36(6,25-10-15-28(38)16-11-25)43(32)33(45)42-20-18-41(19-21-42)23-31(39)44/h8-17,22H,7,18-21,23H2,1-6H3,(H2,39,44)/t35-,36+/m0/s1. The van der Waals surface area contributed by atoms with Crippen molar-refractivity contribution >= 4 is 41.0 Å². The van der Waals surface area contributed by atoms with E-state index in [1.165, 1.54) is 0 Å². The van der Waals surface area contributed by atoms with Gasteiger partial charge in [-0.1, -0.05) is 74.3 Å². The Kier molecular flexibility index (Phi) is 9.47. The number of hydrogen-bond donors (Lipinski definition) is 1. The molecule has 2 N–H and O–H groups in total. The molecule has 1 fully saturated rings. The van der Waals surface area contributed by atoms with E-state index >= 15 is 4.79 Å². The van der Waals surface area contributed by atoms with E-state index in [2.05, 4.69) is 46.8 Å². The predicted octanol–water partition coefficient (Wildman–Crippen LogP) is 6.81. The lowest BCUT2D eigenvalue weighted by atomic mass is 9.71. The van der Waals surface area contributed by atoms with Gasteiger partial charge >= 0.3 is 6.03 Å². The van der Waals surface area contributed by atoms with Crippen molar-refractivity contribution in [2.24, 2.45) is 10.7 Å². The zero-order chi connectivity index (χ0) is 33.4. The number of nitrogens with zero attached hydrogens (tertiary/aromatic N) is 4. The first-order valence-corrected chi connectivity index (χ1v) is 16.4. The number of urea groups is 1. The van der Waals surface area contributed by atoms with Gasteiger partial charge in [-0.25, -0.2) is 4.79 Å². The van der Waals surface area contributed by atoms with E-state index in [4.69, 9.17) is 38.7 Å². The lowest BCUT2D eigenvalue weighted by molar-refractivity contribution is -0.119. The number of amides is 3. The van der Waals surface area contributed by atoms with Crippen LogP contribution in [0.15, 0.2) is 71.7 Å². The molecule has 2 atom stereocenters. The fraction of sp³-hybridized carbons (Fsp3) is 0.417. The smallest absolute Gasteiger partial charge is 0.326 e. The first kappa shape index (κ1) is 33.8. The average molecular weight is 665 g/mol. The van der Waals surface area contributed by atoms with Gasteiger partial charge in [0.05, 0.1) is 18.7 Å². The molecule has 1 saturated heterocycles. The molecule has 10 heteroatoms. The lowest BCUT2D eigenvalue weighted by Gasteiger charge is -2.47. The summed E-state index contributed by atoms with van der Waals surface area (Å²) in [4.78, 5) is 37.7. The molecule has 8 nitrogen and oxygen atoms in total. The van der Waals surface area contributed by atoms with Gasteiger partial charge in [0.1, 0.15) is 22.7 Å². The number of ether oxygens (including phenoxy) is 1. The molecule has 0 unspecified atom stereocenters. The molecule has 0 bridgehead atoms. The van der Waals surface area contributed by atoms with E-state index in [0.717, 1.165) is 22.3 Å². The topological polar surface area (TPSA) is 91.5 Å². The minimum Gasteiger partial charge on any atom is -0.493 e. The summed E-state index contributed by atoms with van der Waals surface area (Å²) in [7, 11) is 0. The fourth-order valence-corrected chi connectivity index (χ4v) is 6.73. The molecule has 0 aromatic heterocycles. The highest BCUT2D eigenvalue weighted by Crippen LogP contribution is 2.54. The molecule has 3 aromatic carbocycles. The van der Waals surface area contributed by atoms with Crippen LogP contribution < -0.4 is 10.5 Å². The number of primary amides is 1. The number of hydrogen-bond acceptors (Lipinski definition) is 5. The third-order valence-corrected chi connectivity index (χ3v) is 9.85. The van der Waals surface area contributed by atoms with E-state index in [9.17, 15) is 4.79 Å². The molecule has 0 radical (unpaired) electrons. The Bertz CT molecular complexity index is 1630. The summed E-state index contributed by atoms with van der Waals surface area (Å²) < 4.78 is 6.27. The van der Waals surface area contributed by atoms with Gasteiger partial charge in [0.15, 0.2) is 0 Å². The fourth-order valence-electron chi connectivity index (χ4n) is 6.47. The molecule has 0 saturated carbocycles. The summed E-state index contributed by atoms with van der Waals surface area (Å²) in [5.74, 6) is 0.796. The van der Waals surface area contributed by atoms with Crippen LogP contribution >= 0.6 is 23.2 Å². The molecule has 2 aliphatic heterocycles. The van der Waals surface area contributed by atoms with Gasteiger partial charge in [-0.2, -0.15) is 0 Å². The summed E-state index contributed by atoms with van der Waals surface area (Å²) in [6, 6.07) is 21.2. The molecule has 2 aliphatic rings. The highest BCUT2D eigenvalue weighted by atomic mass is 35.5. The molecular weight excluding hydrogens is 621 g/mol. The van der Waals surface area contributed by atoms with Crippen LogP contribution in [0.25, 0.3) is 0 Å². The summed E-state index contributed by atoms with van der Waals surface area (Å²) in [5.41, 5.74) is 7.02. The minimum atomic E-state index is -1.01. The third kappa shape index (κ3) is 6.23. The number of aliphatic imine (C=N–C) groups is 1. The maximum atomic E-state index is 15.0. The van der Waals surface area contributed by atoms with Crippen molar-refractivity contribution in [1.82, 2.24) is 14.7 Å². The maximum absolute atomic E-state index is 15.0. The number of amidine groups is 1. The van der Waals surface area contributed by atoms with E-state index in [1.54, 1.807) is 0 Å². The SMILES string of the molecule is CCOc1cc(C(C)(C)C)ccc1C1=N[C@@](C)(c2ccc(Cl)cc2)[C@@](C)(c2ccc(Cl)cc2)N1C(=O)N1CCN(CC(N)=O)CC1. The van der Waals surface area contributed by atoms with Gasteiger partial charge in [-0.3, -0.25) is 19.6 Å². The van der Waals surface area contributed by atoms with Gasteiger partial charge in [-0.15, -0.1) is 0 Å². The number of carbonyl (C=O) groups excluding carboxylic acids is 2. The zero-order valence-electron chi connectivity index (χ0n) is 27.4. The van der Waals surface area contributed by atoms with Crippen molar-refractivity contribution in [3.05, 3.63) is 99.0 Å². The first-order chi connectivity index (χ1) is 21.7. The lowest BCUT2D eigenvalue weighted by Crippen LogP contribution is -2.61. The largest absolute Gasteiger partial charge is 0.493 e. The second kappa shape index (κ2) is 12.9. The van der Waals surface area contributed by atoms with Crippen LogP contribution in [-0.2, 0) is 21.3 Å². The minimum absolute atomic E-state index is 0.113. The van der Waals surface area contributed by atoms with Crippen molar-refractivity contribution < 1.29 is 14.3 Å². The monoisotopic (exact) mass is 663 g/mol. The Labute approximate surface area is 282 Å². The summed E-state index contributed by atoms with van der Waals surface area (Å²) in [6.07, 6.45) is 0. The highest BCUT2D eigenvalue weighted by Gasteiger charge is 2.60. The number of nitrogens with two attached hydrogens (primary N) is 1. The van der Waals surface area contributed by atoms with Crippen LogP contribution in [0.4, 0.5) is 4.79 Å². The highest BCUT2D eigenvalue weighted by molar-refractivity contribution is 6.30. The number of benzene rings is 3. The van der Waals surface area contributed by atoms with Gasteiger partial charge < -0.3 is 15.4 Å². The molecule has 5 rings (SSSR count). The van der Waals surface area contributed by atoms with Crippen LogP contribution in [0, 0.1) is 0 Å². The van der Waals surface area contributed by atoms with Crippen LogP contribution in [0.2, 0.25) is 10.0 Å². The predicted molar refractivity (Wildman–Crippen MR) is 185 cm³/mol. The Morgan fingerprint density at radius 1 is 0.891 bits per heavy atom. The zero-order valence-corrected chi connectivity index (χ0v) is 29.0. The van der Waals surface area contributed by atoms with Crippen molar-refractivity contribution in [2.75, 3.05) is 39.3 Å². The molecule has 0 aliphatic carbocycles. The molecule has 244 valence electrons. The molecular formula is C36H43Cl2N5O3. The van der Waals surface area contributed by atoms with E-state index in [0.29, 0.717) is 54.4 Å². The van der Waals surface area contributed by atoms with Crippen molar-refractivity contribution in [2.45, 2.75) is 58.0 Å². The summed E-state index contributed by atoms with van der Waals surface area (Å²) >= 11 is 12.7. The maximum Gasteiger partial charge on any atom is 0.326 e. The number of carbonyl (C=O) groups is 2. The van der Waals surface area contributed by atoms with E-state index in [1.807, 2.05) is 76.2 Å². The second-order valence-electron chi connectivity index (χ2n) is 13.3. The third-order valence-electron chi connectivity index (χ3n) is 9.35. The Morgan fingerprint density at radius 2 is 1.46 bits per heavy atom. The average Bonchev–Trinajstić information content (AvgIpc) is 3.25. The number of rotatable bonds is 7. The van der Waals surface area contributed by atoms with E-state index in [-0.39, 0.29) is 23.9 Å². The molecule has 3 amide bonds. The van der Waals surface area contributed by atoms with E-state index < -0.39 is 11.1 Å². The Hall–Kier alpha value is -3.59. The number of halogens is 2. The molecule has 2 heterocycles. The van der Waals surface area contributed by atoms with Crippen LogP contribution in [0.3, 0.4) is 0 Å². The van der Waals surface area contributed by atoms with Gasteiger partial charge in [0, 0.05) is 36.2 Å². The molecule has 46 heavy (non-hydrogen) atoms. The van der Waals surface area contributed by atoms with Gasteiger partial charge in [-0.05, 0) is 79.3 Å². The van der Waals surface area contributed by atoms with Crippen molar-refractivity contribution in [3.63, 3.8) is 0 Å². The molecule has 0 spiro atoms. The molecule has 3 aromatic rings. The van der Waals surface area contributed by atoms with Crippen LogP contribution in [0.5, 0.6) is 5.75 Å². The quantitative estimate of drug-likeness (QED) is 0.301.